The highest BCUT2D eigenvalue weighted by atomic mass is 19.4. The first-order valence-corrected chi connectivity index (χ1v) is 5.75. The number of imidazole rings is 1. The summed E-state index contributed by atoms with van der Waals surface area (Å²) in [7, 11) is 0. The van der Waals surface area contributed by atoms with E-state index in [1.807, 2.05) is 0 Å². The van der Waals surface area contributed by atoms with Gasteiger partial charge in [0.2, 0.25) is 0 Å². The molecule has 2 aromatic rings. The molecule has 0 atom stereocenters. The van der Waals surface area contributed by atoms with Crippen LogP contribution in [0.4, 0.5) is 13.2 Å². The fourth-order valence-electron chi connectivity index (χ4n) is 1.75. The number of aromatic nitrogens is 2. The lowest BCUT2D eigenvalue weighted by Gasteiger charge is -2.06. The van der Waals surface area contributed by atoms with Crippen LogP contribution >= 0.6 is 0 Å². The van der Waals surface area contributed by atoms with Crippen molar-refractivity contribution in [1.82, 2.24) is 9.97 Å². The van der Waals surface area contributed by atoms with E-state index in [2.05, 4.69) is 9.97 Å². The molecule has 0 unspecified atom stereocenters. The Hall–Kier alpha value is -2.31. The normalized spacial score (nSPS) is 11.6. The first kappa shape index (κ1) is 14.1. The lowest BCUT2D eigenvalue weighted by molar-refractivity contribution is -0.138. The summed E-state index contributed by atoms with van der Waals surface area (Å²) < 4.78 is 37.2. The van der Waals surface area contributed by atoms with Crippen molar-refractivity contribution in [3.8, 4) is 0 Å². The van der Waals surface area contributed by atoms with Gasteiger partial charge in [-0.25, -0.2) is 4.98 Å². The number of benzene rings is 1. The molecule has 7 heteroatoms. The molecule has 1 aromatic heterocycles. The number of carbonyl (C=O) groups is 1. The van der Waals surface area contributed by atoms with E-state index < -0.39 is 17.7 Å². The molecule has 0 saturated heterocycles. The highest BCUT2D eigenvalue weighted by Gasteiger charge is 2.29. The number of carboxylic acid groups (broad SMARTS) is 1. The predicted octanol–water partition coefficient (Wildman–Crippen LogP) is 2.65. The summed E-state index contributed by atoms with van der Waals surface area (Å²) in [5, 5.41) is 8.62. The third-order valence-corrected chi connectivity index (χ3v) is 2.68. The van der Waals surface area contributed by atoms with Crippen LogP contribution in [0.2, 0.25) is 0 Å². The number of hydrogen-bond donors (Lipinski definition) is 2. The van der Waals surface area contributed by atoms with Crippen LogP contribution in [0.1, 0.15) is 22.6 Å². The summed E-state index contributed by atoms with van der Waals surface area (Å²) in [6.07, 6.45) is -2.79. The number of hydrogen-bond acceptors (Lipinski definition) is 2. The van der Waals surface area contributed by atoms with Gasteiger partial charge in [0.05, 0.1) is 12.0 Å². The summed E-state index contributed by atoms with van der Waals surface area (Å²) in [4.78, 5) is 17.3. The molecule has 0 radical (unpaired) electrons. The van der Waals surface area contributed by atoms with Gasteiger partial charge in [-0.2, -0.15) is 13.2 Å². The van der Waals surface area contributed by atoms with Crippen molar-refractivity contribution in [2.75, 3.05) is 0 Å². The molecule has 0 fully saturated rings. The third-order valence-electron chi connectivity index (χ3n) is 2.68. The van der Waals surface area contributed by atoms with Crippen molar-refractivity contribution >= 4 is 5.97 Å². The first-order valence-electron chi connectivity index (χ1n) is 5.75. The molecule has 106 valence electrons. The van der Waals surface area contributed by atoms with Crippen LogP contribution < -0.4 is 0 Å². The quantitative estimate of drug-likeness (QED) is 0.907. The van der Waals surface area contributed by atoms with Crippen LogP contribution in [0.3, 0.4) is 0 Å². The maximum Gasteiger partial charge on any atom is 0.416 e. The molecule has 2 rings (SSSR count). The molecule has 0 aliphatic heterocycles. The highest BCUT2D eigenvalue weighted by Crippen LogP contribution is 2.29. The van der Waals surface area contributed by atoms with Gasteiger partial charge in [0.25, 0.3) is 0 Å². The highest BCUT2D eigenvalue weighted by molar-refractivity contribution is 5.69. The van der Waals surface area contributed by atoms with Gasteiger partial charge in [-0.15, -0.1) is 0 Å². The summed E-state index contributed by atoms with van der Waals surface area (Å²) in [5.41, 5.74) is 0.417. The van der Waals surface area contributed by atoms with E-state index in [4.69, 9.17) is 5.11 Å². The number of aromatic amines is 1. The number of halogens is 3. The second-order valence-corrected chi connectivity index (χ2v) is 4.30. The zero-order chi connectivity index (χ0) is 14.8. The van der Waals surface area contributed by atoms with Crippen molar-refractivity contribution in [2.45, 2.75) is 19.0 Å². The number of nitrogens with zero attached hydrogens (tertiary/aromatic N) is 1. The molecule has 0 saturated carbocycles. The fourth-order valence-corrected chi connectivity index (χ4v) is 1.75. The summed E-state index contributed by atoms with van der Waals surface area (Å²) >= 11 is 0. The van der Waals surface area contributed by atoms with Crippen molar-refractivity contribution in [3.63, 3.8) is 0 Å². The average Bonchev–Trinajstić information content (AvgIpc) is 2.75. The summed E-state index contributed by atoms with van der Waals surface area (Å²) in [6, 6.07) is 4.78. The minimum atomic E-state index is -4.35. The molecule has 2 N–H and O–H groups in total. The van der Waals surface area contributed by atoms with Crippen molar-refractivity contribution in [3.05, 3.63) is 53.1 Å². The van der Waals surface area contributed by atoms with E-state index in [1.165, 1.54) is 18.3 Å². The first-order chi connectivity index (χ1) is 9.34. The SMILES string of the molecule is O=C(O)Cc1cnc(Cc2ccc(C(F)(F)F)cc2)[nH]1. The molecule has 1 heterocycles. The largest absolute Gasteiger partial charge is 0.481 e. The Labute approximate surface area is 112 Å². The standard InChI is InChI=1S/C13H11F3N2O2/c14-13(15,16)9-3-1-8(2-4-9)5-11-17-7-10(18-11)6-12(19)20/h1-4,7H,5-6H2,(H,17,18)(H,19,20). The Balaban J connectivity index is 2.06. The number of H-pyrrole nitrogens is 1. The van der Waals surface area contributed by atoms with E-state index in [-0.39, 0.29) is 6.42 Å². The van der Waals surface area contributed by atoms with E-state index in [0.717, 1.165) is 12.1 Å². The molecule has 0 aliphatic carbocycles. The van der Waals surface area contributed by atoms with Gasteiger partial charge < -0.3 is 10.1 Å². The molecular formula is C13H11F3N2O2. The zero-order valence-corrected chi connectivity index (χ0v) is 10.2. The molecule has 20 heavy (non-hydrogen) atoms. The van der Waals surface area contributed by atoms with Gasteiger partial charge >= 0.3 is 12.1 Å². The van der Waals surface area contributed by atoms with Crippen LogP contribution in [0.25, 0.3) is 0 Å². The molecule has 0 spiro atoms. The Morgan fingerprint density at radius 2 is 1.90 bits per heavy atom. The Morgan fingerprint density at radius 3 is 2.45 bits per heavy atom. The average molecular weight is 284 g/mol. The minimum Gasteiger partial charge on any atom is -0.481 e. The molecule has 0 bridgehead atoms. The van der Waals surface area contributed by atoms with Gasteiger partial charge in [0, 0.05) is 18.3 Å². The summed E-state index contributed by atoms with van der Waals surface area (Å²) in [6.45, 7) is 0. The van der Waals surface area contributed by atoms with Crippen LogP contribution in [0.15, 0.2) is 30.5 Å². The molecule has 1 aromatic carbocycles. The van der Waals surface area contributed by atoms with E-state index in [1.54, 1.807) is 0 Å². The van der Waals surface area contributed by atoms with Crippen LogP contribution in [0.5, 0.6) is 0 Å². The smallest absolute Gasteiger partial charge is 0.416 e. The number of aliphatic carboxylic acids is 1. The maximum absolute atomic E-state index is 12.4. The lowest BCUT2D eigenvalue weighted by Crippen LogP contribution is -2.04. The maximum atomic E-state index is 12.4. The Bertz CT molecular complexity index is 603. The van der Waals surface area contributed by atoms with Crippen LogP contribution in [-0.4, -0.2) is 21.0 Å². The monoisotopic (exact) mass is 284 g/mol. The van der Waals surface area contributed by atoms with E-state index in [9.17, 15) is 18.0 Å². The predicted molar refractivity (Wildman–Crippen MR) is 64.2 cm³/mol. The van der Waals surface area contributed by atoms with Gasteiger partial charge in [0.15, 0.2) is 0 Å². The summed E-state index contributed by atoms with van der Waals surface area (Å²) in [5.74, 6) is -0.462. The van der Waals surface area contributed by atoms with Gasteiger partial charge in [-0.3, -0.25) is 4.79 Å². The number of rotatable bonds is 4. The topological polar surface area (TPSA) is 66.0 Å². The van der Waals surface area contributed by atoms with Crippen molar-refractivity contribution < 1.29 is 23.1 Å². The minimum absolute atomic E-state index is 0.167. The lowest BCUT2D eigenvalue weighted by atomic mass is 10.1. The van der Waals surface area contributed by atoms with Gasteiger partial charge in [-0.05, 0) is 17.7 Å². The molecule has 0 aliphatic rings. The Kier molecular flexibility index (Phi) is 3.78. The van der Waals surface area contributed by atoms with Crippen molar-refractivity contribution in [2.24, 2.45) is 0 Å². The van der Waals surface area contributed by atoms with Gasteiger partial charge in [0.1, 0.15) is 5.82 Å². The number of carboxylic acids is 1. The van der Waals surface area contributed by atoms with Gasteiger partial charge in [-0.1, -0.05) is 12.1 Å². The zero-order valence-electron chi connectivity index (χ0n) is 10.2. The molecular weight excluding hydrogens is 273 g/mol. The molecule has 0 amide bonds. The van der Waals surface area contributed by atoms with Crippen LogP contribution in [0, 0.1) is 0 Å². The van der Waals surface area contributed by atoms with Crippen LogP contribution in [-0.2, 0) is 23.8 Å². The Morgan fingerprint density at radius 1 is 1.25 bits per heavy atom. The molecule has 4 nitrogen and oxygen atoms in total. The second kappa shape index (κ2) is 5.36. The van der Waals surface area contributed by atoms with E-state index in [0.29, 0.717) is 23.5 Å². The second-order valence-electron chi connectivity index (χ2n) is 4.30. The number of nitrogens with one attached hydrogen (secondary N) is 1. The number of alkyl halides is 3. The van der Waals surface area contributed by atoms with Crippen molar-refractivity contribution in [1.29, 1.82) is 0 Å². The van der Waals surface area contributed by atoms with E-state index >= 15 is 0 Å². The fraction of sp³-hybridized carbons (Fsp3) is 0.231. The third kappa shape index (κ3) is 3.59.